The summed E-state index contributed by atoms with van der Waals surface area (Å²) in [5, 5.41) is 15.9. The Morgan fingerprint density at radius 2 is 1.83 bits per heavy atom. The molecule has 2 aromatic carbocycles. The van der Waals surface area contributed by atoms with Crippen molar-refractivity contribution >= 4 is 23.5 Å². The van der Waals surface area contributed by atoms with E-state index in [1.54, 1.807) is 13.0 Å². The Labute approximate surface area is 178 Å². The van der Waals surface area contributed by atoms with E-state index in [0.29, 0.717) is 16.7 Å². The molecule has 0 saturated heterocycles. The molecule has 7 nitrogen and oxygen atoms in total. The van der Waals surface area contributed by atoms with Crippen molar-refractivity contribution in [1.29, 1.82) is 0 Å². The van der Waals surface area contributed by atoms with E-state index < -0.39 is 0 Å². The largest absolute Gasteiger partial charge is 0.360 e. The number of nitrogens with zero attached hydrogens (tertiary/aromatic N) is 4. The number of hydrogen-bond donors (Lipinski definition) is 1. The molecule has 2 aromatic heterocycles. The number of nitrogens with one attached hydrogen (secondary N) is 1. The molecule has 0 radical (unpaired) electrons. The number of carbonyl (C=O) groups is 1. The van der Waals surface area contributed by atoms with E-state index in [0.717, 1.165) is 22.6 Å². The highest BCUT2D eigenvalue weighted by Gasteiger charge is 2.18. The number of anilines is 1. The maximum absolute atomic E-state index is 12.3. The quantitative estimate of drug-likeness (QED) is 0.461. The summed E-state index contributed by atoms with van der Waals surface area (Å²) in [5.41, 5.74) is 4.22. The molecule has 0 aliphatic rings. The molecule has 4 rings (SSSR count). The highest BCUT2D eigenvalue weighted by atomic mass is 32.2. The standard InChI is InChI=1S/C22H21N5O2S/c1-14-7-9-18(10-8-14)27-21(17-6-4-5-15(2)11-17)24-25-22(27)30-13-20(28)23-19-12-16(3)29-26-19/h4-12H,13H2,1-3H3,(H,23,26,28). The summed E-state index contributed by atoms with van der Waals surface area (Å²) in [6.45, 7) is 5.86. The van der Waals surface area contributed by atoms with Gasteiger partial charge in [-0.15, -0.1) is 10.2 Å². The van der Waals surface area contributed by atoms with Gasteiger partial charge in [-0.3, -0.25) is 9.36 Å². The molecule has 0 fully saturated rings. The second kappa shape index (κ2) is 8.54. The summed E-state index contributed by atoms with van der Waals surface area (Å²) >= 11 is 1.32. The van der Waals surface area contributed by atoms with Crippen LogP contribution in [-0.4, -0.2) is 31.6 Å². The van der Waals surface area contributed by atoms with Gasteiger partial charge in [-0.1, -0.05) is 58.4 Å². The van der Waals surface area contributed by atoms with Crippen LogP contribution in [0.4, 0.5) is 5.82 Å². The minimum absolute atomic E-state index is 0.170. The zero-order valence-electron chi connectivity index (χ0n) is 16.9. The van der Waals surface area contributed by atoms with Gasteiger partial charge in [0.2, 0.25) is 5.91 Å². The Balaban J connectivity index is 1.62. The molecule has 0 saturated carbocycles. The summed E-state index contributed by atoms with van der Waals surface area (Å²) in [6.07, 6.45) is 0. The number of benzene rings is 2. The third-order valence-electron chi connectivity index (χ3n) is 4.43. The van der Waals surface area contributed by atoms with E-state index in [1.807, 2.05) is 60.9 Å². The van der Waals surface area contributed by atoms with Crippen LogP contribution in [0.3, 0.4) is 0 Å². The lowest BCUT2D eigenvalue weighted by Crippen LogP contribution is -2.14. The highest BCUT2D eigenvalue weighted by molar-refractivity contribution is 7.99. The molecule has 30 heavy (non-hydrogen) atoms. The van der Waals surface area contributed by atoms with Crippen molar-refractivity contribution in [3.63, 3.8) is 0 Å². The zero-order valence-corrected chi connectivity index (χ0v) is 17.7. The van der Waals surface area contributed by atoms with Crippen LogP contribution in [0.15, 0.2) is 64.3 Å². The molecule has 1 amide bonds. The van der Waals surface area contributed by atoms with E-state index in [2.05, 4.69) is 26.7 Å². The summed E-state index contributed by atoms with van der Waals surface area (Å²) in [7, 11) is 0. The molecule has 0 atom stereocenters. The van der Waals surface area contributed by atoms with Crippen LogP contribution in [-0.2, 0) is 4.79 Å². The lowest BCUT2D eigenvalue weighted by atomic mass is 10.1. The predicted molar refractivity (Wildman–Crippen MR) is 117 cm³/mol. The Morgan fingerprint density at radius 3 is 2.53 bits per heavy atom. The molecule has 0 unspecified atom stereocenters. The van der Waals surface area contributed by atoms with Gasteiger partial charge in [0.25, 0.3) is 0 Å². The Bertz CT molecular complexity index is 1180. The van der Waals surface area contributed by atoms with Crippen molar-refractivity contribution in [3.05, 3.63) is 71.5 Å². The van der Waals surface area contributed by atoms with Crippen LogP contribution in [0.1, 0.15) is 16.9 Å². The molecule has 1 N–H and O–H groups in total. The minimum Gasteiger partial charge on any atom is -0.360 e. The fraction of sp³-hybridized carbons (Fsp3) is 0.182. The van der Waals surface area contributed by atoms with Crippen molar-refractivity contribution in [2.75, 3.05) is 11.1 Å². The molecule has 4 aromatic rings. The number of thioether (sulfide) groups is 1. The topological polar surface area (TPSA) is 85.8 Å². The summed E-state index contributed by atoms with van der Waals surface area (Å²) in [6, 6.07) is 17.9. The zero-order chi connectivity index (χ0) is 21.1. The average Bonchev–Trinajstić information content (AvgIpc) is 3.33. The average molecular weight is 420 g/mol. The molecule has 8 heteroatoms. The molecule has 0 aliphatic carbocycles. The van der Waals surface area contributed by atoms with Crippen molar-refractivity contribution in [2.24, 2.45) is 0 Å². The molecule has 0 bridgehead atoms. The molecule has 0 aliphatic heterocycles. The van der Waals surface area contributed by atoms with E-state index in [9.17, 15) is 4.79 Å². The van der Waals surface area contributed by atoms with E-state index in [4.69, 9.17) is 4.52 Å². The van der Waals surface area contributed by atoms with Crippen molar-refractivity contribution < 1.29 is 9.32 Å². The van der Waals surface area contributed by atoms with Gasteiger partial charge in [-0.2, -0.15) is 0 Å². The summed E-state index contributed by atoms with van der Waals surface area (Å²) < 4.78 is 6.96. The molecule has 2 heterocycles. The number of hydrogen-bond acceptors (Lipinski definition) is 6. The Morgan fingerprint density at radius 1 is 1.03 bits per heavy atom. The minimum atomic E-state index is -0.191. The fourth-order valence-electron chi connectivity index (χ4n) is 3.00. The van der Waals surface area contributed by atoms with Crippen LogP contribution in [0.2, 0.25) is 0 Å². The van der Waals surface area contributed by atoms with Gasteiger partial charge in [0.1, 0.15) is 5.76 Å². The first-order chi connectivity index (χ1) is 14.5. The van der Waals surface area contributed by atoms with Gasteiger partial charge in [-0.05, 0) is 39.0 Å². The SMILES string of the molecule is Cc1ccc(-n2c(SCC(=O)Nc3cc(C)on3)nnc2-c2cccc(C)c2)cc1. The predicted octanol–water partition coefficient (Wildman–Crippen LogP) is 4.58. The number of aromatic nitrogens is 4. The molecule has 0 spiro atoms. The normalized spacial score (nSPS) is 10.9. The second-order valence-electron chi connectivity index (χ2n) is 7.01. The first-order valence-electron chi connectivity index (χ1n) is 9.45. The van der Waals surface area contributed by atoms with Crippen LogP contribution in [0.5, 0.6) is 0 Å². The van der Waals surface area contributed by atoms with E-state index in [1.165, 1.54) is 17.3 Å². The third-order valence-corrected chi connectivity index (χ3v) is 5.36. The second-order valence-corrected chi connectivity index (χ2v) is 7.95. The number of aryl methyl sites for hydroxylation is 3. The lowest BCUT2D eigenvalue weighted by molar-refractivity contribution is -0.113. The van der Waals surface area contributed by atoms with Crippen LogP contribution in [0, 0.1) is 20.8 Å². The van der Waals surface area contributed by atoms with Crippen LogP contribution < -0.4 is 5.32 Å². The van der Waals surface area contributed by atoms with E-state index in [-0.39, 0.29) is 11.7 Å². The van der Waals surface area contributed by atoms with Crippen molar-refractivity contribution in [1.82, 2.24) is 19.9 Å². The fourth-order valence-corrected chi connectivity index (χ4v) is 3.75. The van der Waals surface area contributed by atoms with Crippen molar-refractivity contribution in [2.45, 2.75) is 25.9 Å². The number of amides is 1. The van der Waals surface area contributed by atoms with Gasteiger partial charge in [0, 0.05) is 17.3 Å². The number of rotatable bonds is 6. The first-order valence-corrected chi connectivity index (χ1v) is 10.4. The van der Waals surface area contributed by atoms with Gasteiger partial charge in [-0.25, -0.2) is 0 Å². The van der Waals surface area contributed by atoms with Gasteiger partial charge in [0.05, 0.1) is 5.75 Å². The Hall–Kier alpha value is -3.39. The maximum Gasteiger partial charge on any atom is 0.236 e. The first kappa shape index (κ1) is 19.9. The van der Waals surface area contributed by atoms with Gasteiger partial charge < -0.3 is 9.84 Å². The molecule has 152 valence electrons. The summed E-state index contributed by atoms with van der Waals surface area (Å²) in [5.74, 6) is 1.75. The van der Waals surface area contributed by atoms with E-state index >= 15 is 0 Å². The Kier molecular flexibility index (Phi) is 5.67. The number of carbonyl (C=O) groups excluding carboxylic acids is 1. The van der Waals surface area contributed by atoms with Gasteiger partial charge in [0.15, 0.2) is 16.8 Å². The van der Waals surface area contributed by atoms with Crippen LogP contribution >= 0.6 is 11.8 Å². The molecular weight excluding hydrogens is 398 g/mol. The van der Waals surface area contributed by atoms with Crippen molar-refractivity contribution in [3.8, 4) is 17.1 Å². The van der Waals surface area contributed by atoms with Crippen LogP contribution in [0.25, 0.3) is 17.1 Å². The maximum atomic E-state index is 12.3. The lowest BCUT2D eigenvalue weighted by Gasteiger charge is -2.11. The van der Waals surface area contributed by atoms with Gasteiger partial charge >= 0.3 is 0 Å². The monoisotopic (exact) mass is 419 g/mol. The highest BCUT2D eigenvalue weighted by Crippen LogP contribution is 2.28. The smallest absolute Gasteiger partial charge is 0.236 e. The third kappa shape index (κ3) is 4.44. The summed E-state index contributed by atoms with van der Waals surface area (Å²) in [4.78, 5) is 12.3. The molecular formula is C22H21N5O2S.